The van der Waals surface area contributed by atoms with Gasteiger partial charge in [0.2, 0.25) is 0 Å². The fraction of sp³-hybridized carbons (Fsp3) is 0.409. The van der Waals surface area contributed by atoms with Crippen LogP contribution in [0.4, 0.5) is 11.4 Å². The Morgan fingerprint density at radius 1 is 1.10 bits per heavy atom. The maximum atomic E-state index is 12.5. The lowest BCUT2D eigenvalue weighted by Gasteiger charge is -2.33. The van der Waals surface area contributed by atoms with Crippen LogP contribution < -0.4 is 21.3 Å². The van der Waals surface area contributed by atoms with Crippen LogP contribution in [0.3, 0.4) is 0 Å². The van der Waals surface area contributed by atoms with Crippen LogP contribution in [0.25, 0.3) is 0 Å². The second-order valence-corrected chi connectivity index (χ2v) is 7.77. The van der Waals surface area contributed by atoms with Gasteiger partial charge in [-0.3, -0.25) is 9.59 Å². The fourth-order valence-electron chi connectivity index (χ4n) is 3.47. The van der Waals surface area contributed by atoms with E-state index in [9.17, 15) is 9.59 Å². The number of pyridine rings is 1. The summed E-state index contributed by atoms with van der Waals surface area (Å²) in [6.07, 6.45) is 2.00. The molecule has 1 aromatic carbocycles. The zero-order valence-electron chi connectivity index (χ0n) is 17.0. The minimum atomic E-state index is -0.274. The monoisotopic (exact) mass is 395 g/mol. The number of rotatable bonds is 6. The summed E-state index contributed by atoms with van der Waals surface area (Å²) in [5.74, 6) is -0.102. The molecule has 3 rings (SSSR count). The van der Waals surface area contributed by atoms with E-state index < -0.39 is 0 Å². The Kier molecular flexibility index (Phi) is 6.69. The number of nitrogens with one attached hydrogen (secondary N) is 2. The van der Waals surface area contributed by atoms with Crippen molar-refractivity contribution in [3.8, 4) is 0 Å². The molecule has 29 heavy (non-hydrogen) atoms. The van der Waals surface area contributed by atoms with E-state index in [-0.39, 0.29) is 29.2 Å². The van der Waals surface area contributed by atoms with E-state index in [0.29, 0.717) is 12.5 Å². The summed E-state index contributed by atoms with van der Waals surface area (Å²) in [4.78, 5) is 31.1. The largest absolute Gasteiger partial charge is 0.399 e. The third-order valence-electron chi connectivity index (χ3n) is 5.04. The molecule has 1 saturated heterocycles. The van der Waals surface area contributed by atoms with Crippen molar-refractivity contribution < 1.29 is 9.59 Å². The van der Waals surface area contributed by atoms with Crippen molar-refractivity contribution in [2.24, 2.45) is 5.92 Å². The van der Waals surface area contributed by atoms with Gasteiger partial charge in [-0.2, -0.15) is 0 Å². The summed E-state index contributed by atoms with van der Waals surface area (Å²) >= 11 is 0. The van der Waals surface area contributed by atoms with Gasteiger partial charge < -0.3 is 21.3 Å². The summed E-state index contributed by atoms with van der Waals surface area (Å²) in [6.45, 7) is 6.24. The number of benzene rings is 1. The van der Waals surface area contributed by atoms with Gasteiger partial charge in [-0.25, -0.2) is 4.98 Å². The van der Waals surface area contributed by atoms with Crippen LogP contribution in [0, 0.1) is 5.92 Å². The molecule has 0 bridgehead atoms. The second-order valence-electron chi connectivity index (χ2n) is 7.77. The molecule has 1 fully saturated rings. The maximum absolute atomic E-state index is 12.5. The van der Waals surface area contributed by atoms with Crippen LogP contribution in [0.2, 0.25) is 0 Å². The number of hydrogen-bond acceptors (Lipinski definition) is 5. The van der Waals surface area contributed by atoms with Gasteiger partial charge in [-0.05, 0) is 62.9 Å². The molecule has 1 aliphatic heterocycles. The summed E-state index contributed by atoms with van der Waals surface area (Å²) in [7, 11) is 0. The Balaban J connectivity index is 1.50. The van der Waals surface area contributed by atoms with E-state index >= 15 is 0 Å². The summed E-state index contributed by atoms with van der Waals surface area (Å²) in [5, 5.41) is 5.75. The number of nitrogen functional groups attached to an aromatic ring is 1. The molecular weight excluding hydrogens is 366 g/mol. The van der Waals surface area contributed by atoms with Crippen LogP contribution in [-0.2, 0) is 0 Å². The number of nitrogens with two attached hydrogens (primary N) is 1. The molecule has 0 spiro atoms. The smallest absolute Gasteiger partial charge is 0.270 e. The van der Waals surface area contributed by atoms with E-state index in [1.807, 2.05) is 32.0 Å². The average Bonchev–Trinajstić information content (AvgIpc) is 2.72. The molecule has 7 heteroatoms. The Hall–Kier alpha value is -3.09. The number of carbonyl (C=O) groups excluding carboxylic acids is 2. The van der Waals surface area contributed by atoms with Crippen LogP contribution >= 0.6 is 0 Å². The van der Waals surface area contributed by atoms with E-state index in [1.165, 1.54) is 0 Å². The Bertz CT molecular complexity index is 860. The minimum absolute atomic E-state index is 0.0139. The molecule has 4 N–H and O–H groups in total. The van der Waals surface area contributed by atoms with Crippen molar-refractivity contribution in [1.82, 2.24) is 15.6 Å². The molecule has 154 valence electrons. The van der Waals surface area contributed by atoms with Crippen molar-refractivity contribution >= 4 is 23.2 Å². The molecule has 2 amide bonds. The summed E-state index contributed by atoms with van der Waals surface area (Å²) < 4.78 is 0. The number of amides is 2. The van der Waals surface area contributed by atoms with Crippen molar-refractivity contribution in [2.75, 3.05) is 30.3 Å². The Morgan fingerprint density at radius 2 is 1.76 bits per heavy atom. The quantitative estimate of drug-likeness (QED) is 0.653. The first-order valence-corrected chi connectivity index (χ1v) is 10.1. The standard InChI is InChI=1S/C22H29N5O2/c1-15(2)25-22(29)20-8-4-7-19(26-20)21(28)24-14-16-9-11-27(12-10-16)18-6-3-5-17(23)13-18/h3-8,13,15-16H,9-12,14,23H2,1-2H3,(H,24,28)(H,25,29). The van der Waals surface area contributed by atoms with E-state index in [2.05, 4.69) is 26.6 Å². The van der Waals surface area contributed by atoms with Gasteiger partial charge in [0.1, 0.15) is 11.4 Å². The summed E-state index contributed by atoms with van der Waals surface area (Å²) in [6, 6.07) is 12.9. The predicted octanol–water partition coefficient (Wildman–Crippen LogP) is 2.45. The van der Waals surface area contributed by atoms with E-state index in [4.69, 9.17) is 5.73 Å². The highest BCUT2D eigenvalue weighted by Gasteiger charge is 2.21. The van der Waals surface area contributed by atoms with Crippen molar-refractivity contribution in [2.45, 2.75) is 32.7 Å². The Morgan fingerprint density at radius 3 is 2.41 bits per heavy atom. The highest BCUT2D eigenvalue weighted by Crippen LogP contribution is 2.24. The molecule has 0 radical (unpaired) electrons. The molecule has 2 aromatic rings. The van der Waals surface area contributed by atoms with Crippen LogP contribution in [0.1, 0.15) is 47.7 Å². The number of hydrogen-bond donors (Lipinski definition) is 3. The van der Waals surface area contributed by atoms with Crippen LogP contribution in [-0.4, -0.2) is 42.5 Å². The first-order chi connectivity index (χ1) is 13.9. The zero-order valence-corrected chi connectivity index (χ0v) is 17.0. The van der Waals surface area contributed by atoms with Gasteiger partial charge in [-0.1, -0.05) is 12.1 Å². The number of nitrogens with zero attached hydrogens (tertiary/aromatic N) is 2. The molecule has 0 unspecified atom stereocenters. The van der Waals surface area contributed by atoms with E-state index in [0.717, 1.165) is 37.3 Å². The van der Waals surface area contributed by atoms with Crippen molar-refractivity contribution in [3.05, 3.63) is 53.9 Å². The van der Waals surface area contributed by atoms with Gasteiger partial charge in [0.15, 0.2) is 0 Å². The maximum Gasteiger partial charge on any atom is 0.270 e. The van der Waals surface area contributed by atoms with Gasteiger partial charge in [0.25, 0.3) is 11.8 Å². The highest BCUT2D eigenvalue weighted by molar-refractivity contribution is 5.96. The molecule has 0 atom stereocenters. The third kappa shape index (κ3) is 5.70. The third-order valence-corrected chi connectivity index (χ3v) is 5.04. The average molecular weight is 396 g/mol. The fourth-order valence-corrected chi connectivity index (χ4v) is 3.47. The number of anilines is 2. The number of piperidine rings is 1. The molecule has 2 heterocycles. The number of aromatic nitrogens is 1. The lowest BCUT2D eigenvalue weighted by atomic mass is 9.96. The lowest BCUT2D eigenvalue weighted by molar-refractivity contribution is 0.0934. The first kappa shape index (κ1) is 20.6. The Labute approximate surface area is 171 Å². The minimum Gasteiger partial charge on any atom is -0.399 e. The van der Waals surface area contributed by atoms with Crippen molar-refractivity contribution in [1.29, 1.82) is 0 Å². The topological polar surface area (TPSA) is 100 Å². The van der Waals surface area contributed by atoms with Gasteiger partial charge >= 0.3 is 0 Å². The van der Waals surface area contributed by atoms with Gasteiger partial charge in [0, 0.05) is 37.1 Å². The zero-order chi connectivity index (χ0) is 20.8. The SMILES string of the molecule is CC(C)NC(=O)c1cccc(C(=O)NCC2CCN(c3cccc(N)c3)CC2)n1. The van der Waals surface area contributed by atoms with Gasteiger partial charge in [-0.15, -0.1) is 0 Å². The molecule has 0 aliphatic carbocycles. The highest BCUT2D eigenvalue weighted by atomic mass is 16.2. The lowest BCUT2D eigenvalue weighted by Crippen LogP contribution is -2.39. The molecule has 7 nitrogen and oxygen atoms in total. The molecule has 1 aliphatic rings. The van der Waals surface area contributed by atoms with Gasteiger partial charge in [0.05, 0.1) is 0 Å². The first-order valence-electron chi connectivity index (χ1n) is 10.1. The predicted molar refractivity (Wildman–Crippen MR) is 115 cm³/mol. The second kappa shape index (κ2) is 9.41. The van der Waals surface area contributed by atoms with Crippen LogP contribution in [0.15, 0.2) is 42.5 Å². The molecular formula is C22H29N5O2. The normalized spacial score (nSPS) is 14.7. The van der Waals surface area contributed by atoms with Crippen LogP contribution in [0.5, 0.6) is 0 Å². The molecule has 0 saturated carbocycles. The number of carbonyl (C=O) groups is 2. The van der Waals surface area contributed by atoms with E-state index in [1.54, 1.807) is 18.2 Å². The molecule has 1 aromatic heterocycles. The van der Waals surface area contributed by atoms with Crippen molar-refractivity contribution in [3.63, 3.8) is 0 Å². The summed E-state index contributed by atoms with van der Waals surface area (Å²) in [5.41, 5.74) is 8.31.